The first-order valence-electron chi connectivity index (χ1n) is 5.72. The van der Waals surface area contributed by atoms with Crippen molar-refractivity contribution in [1.82, 2.24) is 4.31 Å². The van der Waals surface area contributed by atoms with E-state index in [1.807, 2.05) is 26.0 Å². The molecule has 0 radical (unpaired) electrons. The van der Waals surface area contributed by atoms with Crippen LogP contribution in [-0.2, 0) is 10.0 Å². The zero-order valence-electron chi connectivity index (χ0n) is 11.1. The number of sulfonamides is 1. The molecule has 0 saturated carbocycles. The Balaban J connectivity index is 2.33. The molecular weight excluding hydrogens is 402 g/mol. The van der Waals surface area contributed by atoms with Gasteiger partial charge in [-0.25, -0.2) is 8.42 Å². The summed E-state index contributed by atoms with van der Waals surface area (Å²) in [7, 11) is -1.94. The summed E-state index contributed by atoms with van der Waals surface area (Å²) in [5.74, 6) is 0. The van der Waals surface area contributed by atoms with Crippen molar-refractivity contribution in [3.05, 3.63) is 36.8 Å². The topological polar surface area (TPSA) is 37.4 Å². The molecule has 8 heteroatoms. The average molecular weight is 415 g/mol. The Labute approximate surface area is 140 Å². The van der Waals surface area contributed by atoms with Gasteiger partial charge in [-0.15, -0.1) is 22.7 Å². The summed E-state index contributed by atoms with van der Waals surface area (Å²) in [6.07, 6.45) is 0. The molecule has 0 aliphatic heterocycles. The second kappa shape index (κ2) is 6.06. The predicted molar refractivity (Wildman–Crippen MR) is 89.4 cm³/mol. The largest absolute Gasteiger partial charge is 0.252 e. The fourth-order valence-electron chi connectivity index (χ4n) is 1.66. The smallest absolute Gasteiger partial charge is 0.206 e. The number of halogens is 2. The number of hydrogen-bond acceptors (Lipinski definition) is 4. The highest BCUT2D eigenvalue weighted by Gasteiger charge is 2.29. The highest BCUT2D eigenvalue weighted by atomic mass is 79.9. The summed E-state index contributed by atoms with van der Waals surface area (Å²) in [5.41, 5.74) is 0. The SMILES string of the molecule is Cc1ccc(C(C)N(C)S(=O)(=O)c2cc(Cl)c(Br)s2)s1. The van der Waals surface area contributed by atoms with Crippen molar-refractivity contribution < 1.29 is 8.42 Å². The average Bonchev–Trinajstić information content (AvgIpc) is 2.95. The highest BCUT2D eigenvalue weighted by Crippen LogP contribution is 2.38. The van der Waals surface area contributed by atoms with Crippen molar-refractivity contribution in [2.45, 2.75) is 24.1 Å². The monoisotopic (exact) mass is 413 g/mol. The second-order valence-electron chi connectivity index (χ2n) is 4.33. The first kappa shape index (κ1) is 16.5. The van der Waals surface area contributed by atoms with Crippen LogP contribution in [0.4, 0.5) is 0 Å². The molecule has 2 aromatic rings. The zero-order chi connectivity index (χ0) is 15.1. The zero-order valence-corrected chi connectivity index (χ0v) is 15.8. The number of aryl methyl sites for hydroxylation is 1. The number of hydrogen-bond donors (Lipinski definition) is 0. The minimum Gasteiger partial charge on any atom is -0.206 e. The van der Waals surface area contributed by atoms with Crippen LogP contribution in [0.15, 0.2) is 26.2 Å². The van der Waals surface area contributed by atoms with Crippen LogP contribution in [0.3, 0.4) is 0 Å². The normalized spacial score (nSPS) is 13.9. The summed E-state index contributed by atoms with van der Waals surface area (Å²) in [6, 6.07) is 5.23. The van der Waals surface area contributed by atoms with Crippen LogP contribution < -0.4 is 0 Å². The lowest BCUT2D eigenvalue weighted by Crippen LogP contribution is -2.28. The molecule has 0 fully saturated rings. The van der Waals surface area contributed by atoms with E-state index in [2.05, 4.69) is 15.9 Å². The Morgan fingerprint density at radius 3 is 2.45 bits per heavy atom. The Bertz CT molecular complexity index is 703. The van der Waals surface area contributed by atoms with Gasteiger partial charge in [-0.05, 0) is 48.0 Å². The maximum absolute atomic E-state index is 12.6. The minimum atomic E-state index is -3.53. The van der Waals surface area contributed by atoms with Crippen LogP contribution in [0.5, 0.6) is 0 Å². The molecule has 0 N–H and O–H groups in total. The van der Waals surface area contributed by atoms with Crippen LogP contribution in [0, 0.1) is 6.92 Å². The summed E-state index contributed by atoms with van der Waals surface area (Å²) in [5, 5.41) is 0.418. The molecule has 0 aliphatic carbocycles. The van der Waals surface area contributed by atoms with Crippen molar-refractivity contribution in [2.75, 3.05) is 7.05 Å². The Hall–Kier alpha value is 0.0800. The highest BCUT2D eigenvalue weighted by molar-refractivity contribution is 9.11. The summed E-state index contributed by atoms with van der Waals surface area (Å²) >= 11 is 11.9. The van der Waals surface area contributed by atoms with Crippen LogP contribution in [-0.4, -0.2) is 19.8 Å². The van der Waals surface area contributed by atoms with Gasteiger partial charge in [-0.3, -0.25) is 0 Å². The van der Waals surface area contributed by atoms with Gasteiger partial charge >= 0.3 is 0 Å². The lowest BCUT2D eigenvalue weighted by atomic mass is 10.3. The van der Waals surface area contributed by atoms with Crippen molar-refractivity contribution in [2.24, 2.45) is 0 Å². The first-order valence-corrected chi connectivity index (χ1v) is 9.97. The third-order valence-electron chi connectivity index (χ3n) is 2.97. The molecule has 0 aromatic carbocycles. The number of rotatable bonds is 4. The molecule has 0 bridgehead atoms. The van der Waals surface area contributed by atoms with E-state index < -0.39 is 10.0 Å². The molecule has 3 nitrogen and oxygen atoms in total. The summed E-state index contributed by atoms with van der Waals surface area (Å²) < 4.78 is 27.4. The maximum Gasteiger partial charge on any atom is 0.252 e. The van der Waals surface area contributed by atoms with E-state index in [-0.39, 0.29) is 10.3 Å². The van der Waals surface area contributed by atoms with Crippen LogP contribution >= 0.6 is 50.2 Å². The third-order valence-corrected chi connectivity index (χ3v) is 9.00. The van der Waals surface area contributed by atoms with Gasteiger partial charge in [0, 0.05) is 16.8 Å². The van der Waals surface area contributed by atoms with E-state index in [0.29, 0.717) is 8.81 Å². The standard InChI is InChI=1S/C12H13BrClNO2S3/c1-7-4-5-10(18-7)8(2)15(3)20(16,17)11-6-9(14)12(13)19-11/h4-6,8H,1-3H3. The Kier molecular flexibility index (Phi) is 4.98. The van der Waals surface area contributed by atoms with Crippen LogP contribution in [0.2, 0.25) is 5.02 Å². The molecule has 0 amide bonds. The quantitative estimate of drug-likeness (QED) is 0.712. The molecule has 0 spiro atoms. The fraction of sp³-hybridized carbons (Fsp3) is 0.333. The molecule has 110 valence electrons. The van der Waals surface area contributed by atoms with E-state index in [4.69, 9.17) is 11.6 Å². The van der Waals surface area contributed by atoms with Crippen LogP contribution in [0.1, 0.15) is 22.7 Å². The molecule has 1 atom stereocenters. The predicted octanol–water partition coefficient (Wildman–Crippen LogP) is 4.92. The molecule has 2 heterocycles. The van der Waals surface area contributed by atoms with Gasteiger partial charge in [0.25, 0.3) is 10.0 Å². The van der Waals surface area contributed by atoms with Gasteiger partial charge in [-0.2, -0.15) is 4.31 Å². The maximum atomic E-state index is 12.6. The molecular formula is C12H13BrClNO2S3. The van der Waals surface area contributed by atoms with E-state index in [1.165, 1.54) is 15.2 Å². The molecule has 1 unspecified atom stereocenters. The molecule has 2 rings (SSSR count). The lowest BCUT2D eigenvalue weighted by molar-refractivity contribution is 0.404. The van der Waals surface area contributed by atoms with Crippen molar-refractivity contribution in [3.8, 4) is 0 Å². The van der Waals surface area contributed by atoms with E-state index in [1.54, 1.807) is 18.4 Å². The molecule has 20 heavy (non-hydrogen) atoms. The van der Waals surface area contributed by atoms with E-state index >= 15 is 0 Å². The molecule has 0 saturated heterocycles. The Morgan fingerprint density at radius 1 is 1.35 bits per heavy atom. The first-order chi connectivity index (χ1) is 9.23. The van der Waals surface area contributed by atoms with Crippen molar-refractivity contribution in [3.63, 3.8) is 0 Å². The van der Waals surface area contributed by atoms with Crippen LogP contribution in [0.25, 0.3) is 0 Å². The van der Waals surface area contributed by atoms with Gasteiger partial charge in [-0.1, -0.05) is 11.6 Å². The van der Waals surface area contributed by atoms with Gasteiger partial charge < -0.3 is 0 Å². The molecule has 0 aliphatic rings. The van der Waals surface area contributed by atoms with Gasteiger partial charge in [0.15, 0.2) is 0 Å². The van der Waals surface area contributed by atoms with Crippen molar-refractivity contribution in [1.29, 1.82) is 0 Å². The number of thiophene rings is 2. The fourth-order valence-corrected chi connectivity index (χ4v) is 6.63. The second-order valence-corrected chi connectivity index (χ2v) is 10.7. The minimum absolute atomic E-state index is 0.210. The summed E-state index contributed by atoms with van der Waals surface area (Å²) in [6.45, 7) is 3.89. The van der Waals surface area contributed by atoms with Gasteiger partial charge in [0.2, 0.25) is 0 Å². The van der Waals surface area contributed by atoms with E-state index in [0.717, 1.165) is 16.2 Å². The van der Waals surface area contributed by atoms with Gasteiger partial charge in [0.05, 0.1) is 14.9 Å². The molecule has 2 aromatic heterocycles. The number of nitrogens with zero attached hydrogens (tertiary/aromatic N) is 1. The third kappa shape index (κ3) is 3.13. The van der Waals surface area contributed by atoms with Gasteiger partial charge in [0.1, 0.15) is 4.21 Å². The summed E-state index contributed by atoms with van der Waals surface area (Å²) in [4.78, 5) is 2.19. The Morgan fingerprint density at radius 2 is 2.00 bits per heavy atom. The van der Waals surface area contributed by atoms with E-state index in [9.17, 15) is 8.42 Å². The van der Waals surface area contributed by atoms with Crippen molar-refractivity contribution >= 4 is 60.2 Å². The lowest BCUT2D eigenvalue weighted by Gasteiger charge is -2.22.